The molecule has 5 aromatic rings. The molecule has 0 bridgehead atoms. The highest BCUT2D eigenvalue weighted by molar-refractivity contribution is 8.00. The van der Waals surface area contributed by atoms with Gasteiger partial charge >= 0.3 is 11.9 Å². The number of primary amides is 2. The lowest BCUT2D eigenvalue weighted by molar-refractivity contribution is -0.149. The van der Waals surface area contributed by atoms with Crippen LogP contribution in [0.5, 0.6) is 5.75 Å². The molecule has 5 heterocycles. The number of carbonyl (C=O) groups excluding carboxylic acids is 17. The molecule has 3 fully saturated rings. The molecule has 3 aromatic carbocycles. The Morgan fingerprint density at radius 2 is 1.08 bits per heavy atom. The number of amides is 17. The number of carboxylic acid groups (broad SMARTS) is 2. The number of aliphatic hydroxyl groups is 1. The molecular weight excluding hydrogens is 1750 g/mol. The molecule has 25 N–H and O–H groups in total. The van der Waals surface area contributed by atoms with Crippen LogP contribution in [-0.4, -0.2) is 329 Å². The van der Waals surface area contributed by atoms with Gasteiger partial charge in [-0.15, -0.1) is 11.8 Å². The molecule has 0 spiro atoms. The number of likely N-dealkylation sites (N-methyl/N-ethyl adjacent to an activating group) is 3. The highest BCUT2D eigenvalue weighted by Gasteiger charge is 2.47. The van der Waals surface area contributed by atoms with E-state index in [4.69, 9.17) is 28.7 Å². The van der Waals surface area contributed by atoms with Gasteiger partial charge in [-0.2, -0.15) is 0 Å². The van der Waals surface area contributed by atoms with Gasteiger partial charge in [0, 0.05) is 119 Å². The largest absolute Gasteiger partial charge is 0.508 e. The summed E-state index contributed by atoms with van der Waals surface area (Å²) in [4.78, 5) is 280. The Morgan fingerprint density at radius 1 is 0.526 bits per heavy atom. The van der Waals surface area contributed by atoms with Gasteiger partial charge in [-0.25, -0.2) is 0 Å². The van der Waals surface area contributed by atoms with Gasteiger partial charge in [-0.1, -0.05) is 88.1 Å². The molecule has 46 heteroatoms. The van der Waals surface area contributed by atoms with Crippen LogP contribution in [0.1, 0.15) is 121 Å². The van der Waals surface area contributed by atoms with Crippen LogP contribution in [0.15, 0.2) is 85.2 Å². The Labute approximate surface area is 770 Å². The molecule has 45 nitrogen and oxygen atoms in total. The first-order chi connectivity index (χ1) is 63.2. The summed E-state index contributed by atoms with van der Waals surface area (Å²) >= 11 is 0.725. The van der Waals surface area contributed by atoms with Crippen molar-refractivity contribution in [2.24, 2.45) is 28.7 Å². The summed E-state index contributed by atoms with van der Waals surface area (Å²) in [6, 6.07) is -4.04. The molecular formula is C87H122N22O23S. The number of aromatic hydroxyl groups is 1. The minimum atomic E-state index is -1.94. The number of H-pyrrole nitrogens is 1. The fourth-order valence-corrected chi connectivity index (χ4v) is 17.0. The molecule has 3 saturated heterocycles. The molecule has 15 atom stereocenters. The van der Waals surface area contributed by atoms with E-state index in [1.54, 1.807) is 61.7 Å². The maximum atomic E-state index is 15.9. The lowest BCUT2D eigenvalue weighted by atomic mass is 10.00. The van der Waals surface area contributed by atoms with Gasteiger partial charge in [0.2, 0.25) is 100 Å². The third kappa shape index (κ3) is 28.8. The zero-order chi connectivity index (χ0) is 97.8. The first kappa shape index (κ1) is 105. The van der Waals surface area contributed by atoms with E-state index in [1.807, 2.05) is 6.92 Å². The van der Waals surface area contributed by atoms with Gasteiger partial charge in [0.25, 0.3) is 0 Å². The number of nitrogens with one attached hydrogen (secondary N) is 11. The summed E-state index contributed by atoms with van der Waals surface area (Å²) in [5, 5.41) is 68.2. The summed E-state index contributed by atoms with van der Waals surface area (Å²) < 4.78 is 1.41. The number of para-hydroxylation sites is 2. The number of nitrogens with zero attached hydrogens (tertiary/aromatic N) is 6. The maximum Gasteiger partial charge on any atom is 0.323 e. The smallest absolute Gasteiger partial charge is 0.323 e. The molecule has 0 aliphatic carbocycles. The average Bonchev–Trinajstić information content (AvgIpc) is 1.70. The minimum Gasteiger partial charge on any atom is -0.508 e. The summed E-state index contributed by atoms with van der Waals surface area (Å²) in [7, 11) is 3.76. The highest BCUT2D eigenvalue weighted by atomic mass is 32.2. The number of aromatic amines is 1. The van der Waals surface area contributed by atoms with Crippen molar-refractivity contribution >= 4 is 146 Å². The van der Waals surface area contributed by atoms with Crippen LogP contribution >= 0.6 is 11.8 Å². The number of phenols is 1. The zero-order valence-electron chi connectivity index (χ0n) is 74.9. The van der Waals surface area contributed by atoms with E-state index >= 15 is 28.8 Å². The summed E-state index contributed by atoms with van der Waals surface area (Å²) in [6.07, 6.45) is -1.13. The molecule has 0 saturated carbocycles. The van der Waals surface area contributed by atoms with Crippen LogP contribution in [-0.2, 0) is 117 Å². The first-order valence-electron chi connectivity index (χ1n) is 43.9. The predicted molar refractivity (Wildman–Crippen MR) is 482 cm³/mol. The molecule has 3 aliphatic heterocycles. The third-order valence-corrected chi connectivity index (χ3v) is 24.6. The maximum absolute atomic E-state index is 15.9. The number of carboxylic acids is 2. The molecule has 17 amide bonds. The number of benzene rings is 3. The van der Waals surface area contributed by atoms with Crippen molar-refractivity contribution in [3.63, 3.8) is 0 Å². The standard InChI is InChI=1S/C87H122N22O23S/c1-7-9-19-65-80(125)101-62(38-90)79(124)103-63(75(120)94-40-70(92)113)44-133-45-71(114)95-58(32-47-23-25-50(110)26-24-47)83(128)104(4)46(3)74(119)99-60(36-72(115)116)86(131)108-31-15-22-66(108)81(126)102-61(37-89)78(123)97-56(27-28-69(91)112)85(130)109-42-51(111)35-68(109)82(127)98-57(33-48-39-93-54-18-13-11-16-52(48)54)77(122)96-55(29-30-88)76(121)100-59(84(129)106(6)67(20-10-8-2)87(132)105(65)5)34-49-41-107(43-73(117)118)64-21-14-12-17-53(49)64/h11-14,16-18,21,23-26,39,41,46,51,55-63,65-68,93,110-111H,7-10,15,19-20,22,27-38,40,42-45,88-90H2,1-6H3,(H2,91,112)(H2,92,113)(H,94,120)(H,95,114)(H,96,122)(H,97,123)(H,98,127)(H,99,119)(H,100,121)(H,101,125)(H,102,126)(H,103,124)(H,115,116)(H,117,118)/t46-,51+,55-,56-,57-,58-,59-,60+,61-,62-,63-,65-,66-,67-,68-/m0/s1. The number of hydrogen-bond acceptors (Lipinski definition) is 25. The lowest BCUT2D eigenvalue weighted by Gasteiger charge is -2.36. The third-order valence-electron chi connectivity index (χ3n) is 23.5. The van der Waals surface area contributed by atoms with E-state index in [9.17, 15) is 82.8 Å². The van der Waals surface area contributed by atoms with E-state index in [1.165, 1.54) is 56.0 Å². The fourth-order valence-electron chi connectivity index (χ4n) is 16.2. The van der Waals surface area contributed by atoms with Crippen LogP contribution in [0, 0.1) is 0 Å². The number of phenolic OH excluding ortho intramolecular Hbond substituents is 1. The van der Waals surface area contributed by atoms with Crippen LogP contribution in [0.4, 0.5) is 0 Å². The predicted octanol–water partition coefficient (Wildman–Crippen LogP) is -5.51. The van der Waals surface area contributed by atoms with Gasteiger partial charge < -0.3 is 136 Å². The summed E-state index contributed by atoms with van der Waals surface area (Å²) in [5.74, 6) is -21.2. The first-order valence-corrected chi connectivity index (χ1v) is 45.1. The number of aromatic nitrogens is 2. The molecule has 0 radical (unpaired) electrons. The number of rotatable bonds is 26. The van der Waals surface area contributed by atoms with E-state index < -0.39 is 279 Å². The van der Waals surface area contributed by atoms with Crippen molar-refractivity contribution in [3.8, 4) is 5.75 Å². The van der Waals surface area contributed by atoms with Gasteiger partial charge in [0.1, 0.15) is 96.9 Å². The van der Waals surface area contributed by atoms with Crippen molar-refractivity contribution < 1.29 is 112 Å². The monoisotopic (exact) mass is 1870 g/mol. The van der Waals surface area contributed by atoms with Crippen LogP contribution in [0.25, 0.3) is 21.8 Å². The Balaban J connectivity index is 1.20. The van der Waals surface area contributed by atoms with Crippen molar-refractivity contribution in [1.82, 2.24) is 87.2 Å². The van der Waals surface area contributed by atoms with E-state index in [-0.39, 0.29) is 70.2 Å². The number of fused-ring (bicyclic) bond motifs is 4. The average molecular weight is 1880 g/mol. The number of carbonyl (C=O) groups is 19. The minimum absolute atomic E-state index is 0.0527. The number of unbranched alkanes of at least 4 members (excludes halogenated alkanes) is 2. The molecule has 8 rings (SSSR count). The number of aliphatic carboxylic acids is 2. The Hall–Kier alpha value is -13.3. The van der Waals surface area contributed by atoms with Gasteiger partial charge in [-0.3, -0.25) is 91.1 Å². The number of hydrogen-bond donors (Lipinski definition) is 20. The summed E-state index contributed by atoms with van der Waals surface area (Å²) in [5.41, 5.74) is 31.7. The molecule has 0 unspecified atom stereocenters. The molecule has 724 valence electrons. The van der Waals surface area contributed by atoms with E-state index in [0.29, 0.717) is 57.8 Å². The Bertz CT molecular complexity index is 5070. The molecule has 2 aromatic heterocycles. The van der Waals surface area contributed by atoms with Crippen molar-refractivity contribution in [2.75, 3.05) is 71.9 Å². The summed E-state index contributed by atoms with van der Waals surface area (Å²) in [6.45, 7) is 1.10. The highest BCUT2D eigenvalue weighted by Crippen LogP contribution is 2.29. The van der Waals surface area contributed by atoms with E-state index in [0.717, 1.165) is 43.3 Å². The molecule has 3 aliphatic rings. The normalized spacial score (nSPS) is 24.9. The van der Waals surface area contributed by atoms with E-state index in [2.05, 4.69) is 58.2 Å². The van der Waals surface area contributed by atoms with Gasteiger partial charge in [0.05, 0.1) is 24.8 Å². The van der Waals surface area contributed by atoms with Crippen LogP contribution in [0.3, 0.4) is 0 Å². The number of thioether (sulfide) groups is 1. The van der Waals surface area contributed by atoms with Crippen molar-refractivity contribution in [2.45, 2.75) is 221 Å². The van der Waals surface area contributed by atoms with Gasteiger partial charge in [0.15, 0.2) is 0 Å². The second kappa shape index (κ2) is 49.8. The fraction of sp³-hybridized carbons (Fsp3) is 0.529. The number of nitrogens with two attached hydrogens (primary N) is 5. The number of aliphatic hydroxyl groups excluding tert-OH is 1. The SMILES string of the molecule is CCCC[C@H]1C(=O)N(C)[C@@H](CCCC)C(=O)N[C@@H](CN)C(=O)N[C@H](C(=O)NCC(N)=O)CSCC(=O)N[C@@H](Cc2ccc(O)cc2)C(=O)N(C)[C@@H](C)C(=O)N[C@H](CC(=O)O)C(=O)N2CCC[C@H]2C(=O)N[C@@H](CN)C(=O)N[C@@H](CCC(N)=O)C(=O)N2C[C@H](O)C[C@H]2C(=O)N[C@@H](Cc2c[nH]c3ccccc23)C(=O)N[C@@H](CCN)C(=O)N[C@@H](Cc2cn(CC(=O)O)c3ccccc23)C(=O)N1C. The van der Waals surface area contributed by atoms with Crippen molar-refractivity contribution in [1.29, 1.82) is 0 Å². The lowest BCUT2D eigenvalue weighted by Crippen LogP contribution is -2.62. The molecule has 133 heavy (non-hydrogen) atoms. The Morgan fingerprint density at radius 3 is 1.71 bits per heavy atom. The van der Waals surface area contributed by atoms with Crippen LogP contribution < -0.4 is 81.8 Å². The Kier molecular flexibility index (Phi) is 39.3. The van der Waals surface area contributed by atoms with Gasteiger partial charge in [-0.05, 0) is 92.9 Å². The topological polar surface area (TPSA) is 693 Å². The quantitative estimate of drug-likeness (QED) is 0.0246. The second-order valence-electron chi connectivity index (χ2n) is 33.2. The second-order valence-corrected chi connectivity index (χ2v) is 34.2. The zero-order valence-corrected chi connectivity index (χ0v) is 75.8. The van der Waals surface area contributed by atoms with Crippen LogP contribution in [0.2, 0.25) is 0 Å². The van der Waals surface area contributed by atoms with Crippen molar-refractivity contribution in [3.05, 3.63) is 102 Å².